The molecule has 0 radical (unpaired) electrons. The lowest BCUT2D eigenvalue weighted by Crippen LogP contribution is -2.23. The number of aromatic nitrogens is 2. The van der Waals surface area contributed by atoms with Crippen LogP contribution in [0.15, 0.2) is 57.9 Å². The summed E-state index contributed by atoms with van der Waals surface area (Å²) in [6.45, 7) is 1.66. The highest BCUT2D eigenvalue weighted by atomic mass is 32.2. The van der Waals surface area contributed by atoms with E-state index in [1.165, 1.54) is 0 Å². The van der Waals surface area contributed by atoms with E-state index in [0.29, 0.717) is 23.0 Å². The van der Waals surface area contributed by atoms with Crippen LogP contribution in [0, 0.1) is 6.92 Å². The third-order valence-electron chi connectivity index (χ3n) is 3.31. The first-order valence-corrected chi connectivity index (χ1v) is 8.65. The topological polar surface area (TPSA) is 82.3 Å². The summed E-state index contributed by atoms with van der Waals surface area (Å²) in [6.07, 6.45) is 0. The molecule has 0 aliphatic heterocycles. The van der Waals surface area contributed by atoms with E-state index >= 15 is 0 Å². The number of aryl methyl sites for hydroxylation is 1. The quantitative estimate of drug-likeness (QED) is 0.673. The number of alkyl halides is 3. The molecule has 0 aliphatic rings. The first-order valence-electron chi connectivity index (χ1n) is 7.17. The summed E-state index contributed by atoms with van der Waals surface area (Å²) in [4.78, 5) is 3.23. The van der Waals surface area contributed by atoms with E-state index in [9.17, 15) is 21.6 Å². The van der Waals surface area contributed by atoms with E-state index in [2.05, 4.69) is 10.1 Å². The zero-order valence-electron chi connectivity index (χ0n) is 13.2. The molecule has 0 saturated carbocycles. The molecule has 3 rings (SSSR count). The molecular formula is C16H11F3N2O4S. The van der Waals surface area contributed by atoms with Crippen LogP contribution in [0.5, 0.6) is 11.5 Å². The van der Waals surface area contributed by atoms with Crippen LogP contribution in [0.1, 0.15) is 5.89 Å². The van der Waals surface area contributed by atoms with Crippen molar-refractivity contribution in [1.29, 1.82) is 0 Å². The lowest BCUT2D eigenvalue weighted by atomic mass is 10.2. The molecular weight excluding hydrogens is 373 g/mol. The predicted octanol–water partition coefficient (Wildman–Crippen LogP) is 4.13. The summed E-state index contributed by atoms with van der Waals surface area (Å²) in [6, 6.07) is 10.6. The zero-order chi connectivity index (χ0) is 18.9. The van der Waals surface area contributed by atoms with Crippen molar-refractivity contribution in [3.8, 4) is 22.9 Å². The molecule has 10 heteroatoms. The highest BCUT2D eigenvalue weighted by Crippen LogP contribution is 2.32. The van der Waals surface area contributed by atoms with Crippen LogP contribution in [-0.2, 0) is 9.84 Å². The Kier molecular flexibility index (Phi) is 4.45. The SMILES string of the molecule is Cc1nc(-c2ccc(Oc3ccc(S(=O)(=O)C(F)(F)F)cc3)cc2)no1. The van der Waals surface area contributed by atoms with Gasteiger partial charge in [0, 0.05) is 12.5 Å². The average Bonchev–Trinajstić information content (AvgIpc) is 3.01. The molecule has 0 saturated heterocycles. The maximum Gasteiger partial charge on any atom is 0.501 e. The van der Waals surface area contributed by atoms with Crippen molar-refractivity contribution in [1.82, 2.24) is 10.1 Å². The minimum absolute atomic E-state index is 0.189. The molecule has 26 heavy (non-hydrogen) atoms. The Morgan fingerprint density at radius 2 is 1.50 bits per heavy atom. The van der Waals surface area contributed by atoms with Crippen molar-refractivity contribution >= 4 is 9.84 Å². The Balaban J connectivity index is 1.75. The standard InChI is InChI=1S/C16H11F3N2O4S/c1-10-20-15(21-25-10)11-2-4-12(5-3-11)24-13-6-8-14(9-7-13)26(22,23)16(17,18)19/h2-9H,1H3. The second kappa shape index (κ2) is 6.45. The van der Waals surface area contributed by atoms with E-state index in [-0.39, 0.29) is 5.75 Å². The van der Waals surface area contributed by atoms with Crippen LogP contribution in [0.2, 0.25) is 0 Å². The minimum Gasteiger partial charge on any atom is -0.457 e. The minimum atomic E-state index is -5.38. The van der Waals surface area contributed by atoms with Crippen molar-refractivity contribution < 1.29 is 30.8 Å². The molecule has 1 aromatic heterocycles. The molecule has 0 aliphatic carbocycles. The van der Waals surface area contributed by atoms with Crippen LogP contribution in [0.3, 0.4) is 0 Å². The van der Waals surface area contributed by atoms with Crippen LogP contribution in [-0.4, -0.2) is 24.1 Å². The lowest BCUT2D eigenvalue weighted by molar-refractivity contribution is -0.0436. The summed E-state index contributed by atoms with van der Waals surface area (Å²) < 4.78 is 70.5. The van der Waals surface area contributed by atoms with Crippen molar-refractivity contribution in [2.24, 2.45) is 0 Å². The van der Waals surface area contributed by atoms with E-state index in [4.69, 9.17) is 9.26 Å². The Bertz CT molecular complexity index is 1010. The number of halogens is 3. The Morgan fingerprint density at radius 3 is 1.96 bits per heavy atom. The maximum absolute atomic E-state index is 12.5. The van der Waals surface area contributed by atoms with Gasteiger partial charge in [-0.05, 0) is 48.5 Å². The summed E-state index contributed by atoms with van der Waals surface area (Å²) >= 11 is 0. The van der Waals surface area contributed by atoms with Crippen LogP contribution >= 0.6 is 0 Å². The second-order valence-corrected chi connectivity index (χ2v) is 7.13. The molecule has 2 aromatic carbocycles. The van der Waals surface area contributed by atoms with Gasteiger partial charge < -0.3 is 9.26 Å². The lowest BCUT2D eigenvalue weighted by Gasteiger charge is -2.09. The normalized spacial score (nSPS) is 12.2. The molecule has 0 fully saturated rings. The fraction of sp³-hybridized carbons (Fsp3) is 0.125. The van der Waals surface area contributed by atoms with Gasteiger partial charge >= 0.3 is 5.51 Å². The van der Waals surface area contributed by atoms with Gasteiger partial charge in [0.15, 0.2) is 0 Å². The summed E-state index contributed by atoms with van der Waals surface area (Å²) in [5, 5.41) is 3.78. The van der Waals surface area contributed by atoms with Gasteiger partial charge in [-0.2, -0.15) is 18.2 Å². The summed E-state index contributed by atoms with van der Waals surface area (Å²) in [7, 11) is -5.38. The monoisotopic (exact) mass is 384 g/mol. The molecule has 0 amide bonds. The molecule has 0 N–H and O–H groups in total. The molecule has 136 valence electrons. The van der Waals surface area contributed by atoms with E-state index in [1.54, 1.807) is 31.2 Å². The van der Waals surface area contributed by atoms with Crippen molar-refractivity contribution in [3.05, 3.63) is 54.4 Å². The van der Waals surface area contributed by atoms with Gasteiger partial charge in [-0.25, -0.2) is 8.42 Å². The molecule has 0 atom stereocenters. The third-order valence-corrected chi connectivity index (χ3v) is 4.82. The Morgan fingerprint density at radius 1 is 0.962 bits per heavy atom. The Hall–Kier alpha value is -2.88. The summed E-state index contributed by atoms with van der Waals surface area (Å²) in [5.74, 6) is 1.43. The number of hydrogen-bond acceptors (Lipinski definition) is 6. The third kappa shape index (κ3) is 3.54. The molecule has 6 nitrogen and oxygen atoms in total. The van der Waals surface area contributed by atoms with Crippen LogP contribution in [0.4, 0.5) is 13.2 Å². The van der Waals surface area contributed by atoms with Crippen molar-refractivity contribution in [2.75, 3.05) is 0 Å². The maximum atomic E-state index is 12.5. The molecule has 1 heterocycles. The van der Waals surface area contributed by atoms with Gasteiger partial charge in [0.2, 0.25) is 11.7 Å². The van der Waals surface area contributed by atoms with Gasteiger partial charge in [0.25, 0.3) is 9.84 Å². The van der Waals surface area contributed by atoms with Gasteiger partial charge in [0.1, 0.15) is 11.5 Å². The van der Waals surface area contributed by atoms with Gasteiger partial charge in [0.05, 0.1) is 4.90 Å². The fourth-order valence-electron chi connectivity index (χ4n) is 2.05. The molecule has 0 unspecified atom stereocenters. The van der Waals surface area contributed by atoms with E-state index in [0.717, 1.165) is 24.3 Å². The van der Waals surface area contributed by atoms with Crippen molar-refractivity contribution in [3.63, 3.8) is 0 Å². The fourth-order valence-corrected chi connectivity index (χ4v) is 2.81. The van der Waals surface area contributed by atoms with Crippen molar-refractivity contribution in [2.45, 2.75) is 17.3 Å². The van der Waals surface area contributed by atoms with Gasteiger partial charge in [-0.1, -0.05) is 5.16 Å². The number of rotatable bonds is 4. The van der Waals surface area contributed by atoms with Crippen LogP contribution in [0.25, 0.3) is 11.4 Å². The number of ether oxygens (including phenoxy) is 1. The molecule has 0 bridgehead atoms. The summed E-state index contributed by atoms with van der Waals surface area (Å²) in [5.41, 5.74) is -4.65. The second-order valence-electron chi connectivity index (χ2n) is 5.18. The number of sulfone groups is 1. The van der Waals surface area contributed by atoms with Crippen LogP contribution < -0.4 is 4.74 Å². The molecule has 3 aromatic rings. The van der Waals surface area contributed by atoms with E-state index in [1.807, 2.05) is 0 Å². The first-order chi connectivity index (χ1) is 12.2. The predicted molar refractivity (Wildman–Crippen MR) is 84.2 cm³/mol. The highest BCUT2D eigenvalue weighted by molar-refractivity contribution is 7.92. The van der Waals surface area contributed by atoms with Gasteiger partial charge in [-0.3, -0.25) is 0 Å². The average molecular weight is 384 g/mol. The zero-order valence-corrected chi connectivity index (χ0v) is 14.0. The molecule has 0 spiro atoms. The number of benzene rings is 2. The largest absolute Gasteiger partial charge is 0.501 e. The highest BCUT2D eigenvalue weighted by Gasteiger charge is 2.46. The van der Waals surface area contributed by atoms with E-state index < -0.39 is 20.2 Å². The first kappa shape index (κ1) is 17.9. The smallest absolute Gasteiger partial charge is 0.457 e. The Labute approximate surface area is 146 Å². The number of nitrogens with zero attached hydrogens (tertiary/aromatic N) is 2. The van der Waals surface area contributed by atoms with Gasteiger partial charge in [-0.15, -0.1) is 0 Å². The number of hydrogen-bond donors (Lipinski definition) is 0.